The molecule has 0 fully saturated rings. The lowest BCUT2D eigenvalue weighted by Crippen LogP contribution is -2.47. The van der Waals surface area contributed by atoms with Gasteiger partial charge in [0.1, 0.15) is 6.54 Å². The lowest BCUT2D eigenvalue weighted by atomic mass is 10.3. The van der Waals surface area contributed by atoms with E-state index >= 15 is 0 Å². The smallest absolute Gasteiger partial charge is 0.320 e. The summed E-state index contributed by atoms with van der Waals surface area (Å²) in [4.78, 5) is 37.0. The van der Waals surface area contributed by atoms with Gasteiger partial charge < -0.3 is 20.2 Å². The molecule has 0 heterocycles. The van der Waals surface area contributed by atoms with Crippen molar-refractivity contribution in [1.29, 1.82) is 0 Å². The average Bonchev–Trinajstić information content (AvgIpc) is 2.33. The highest BCUT2D eigenvalue weighted by Gasteiger charge is 2.19. The van der Waals surface area contributed by atoms with E-state index in [0.717, 1.165) is 0 Å². The molecule has 0 spiro atoms. The van der Waals surface area contributed by atoms with Crippen molar-refractivity contribution in [3.63, 3.8) is 0 Å². The zero-order valence-corrected chi connectivity index (χ0v) is 12.7. The van der Waals surface area contributed by atoms with E-state index in [9.17, 15) is 14.4 Å². The first kappa shape index (κ1) is 18.2. The van der Waals surface area contributed by atoms with Crippen LogP contribution in [-0.2, 0) is 9.59 Å². The minimum atomic E-state index is -0.880. The summed E-state index contributed by atoms with van der Waals surface area (Å²) in [5.41, 5.74) is 0. The SMILES string of the molecule is CCN(CC(=O)NC(C)C)C(=O)N(C)CCCC(=O)O. The number of amides is 3. The van der Waals surface area contributed by atoms with Gasteiger partial charge in [0.2, 0.25) is 5.91 Å². The highest BCUT2D eigenvalue weighted by atomic mass is 16.4. The second-order valence-electron chi connectivity index (χ2n) is 4.94. The van der Waals surface area contributed by atoms with Crippen LogP contribution in [0.5, 0.6) is 0 Å². The first-order valence-electron chi connectivity index (χ1n) is 6.79. The van der Waals surface area contributed by atoms with Crippen LogP contribution < -0.4 is 5.32 Å². The molecule has 0 saturated carbocycles. The van der Waals surface area contributed by atoms with Gasteiger partial charge in [-0.2, -0.15) is 0 Å². The van der Waals surface area contributed by atoms with Crippen molar-refractivity contribution < 1.29 is 19.5 Å². The Hall–Kier alpha value is -1.79. The quantitative estimate of drug-likeness (QED) is 0.689. The summed E-state index contributed by atoms with van der Waals surface area (Å²) in [7, 11) is 1.60. The number of carboxylic acids is 1. The van der Waals surface area contributed by atoms with Crippen molar-refractivity contribution >= 4 is 17.9 Å². The van der Waals surface area contributed by atoms with Crippen LogP contribution in [-0.4, -0.2) is 65.5 Å². The van der Waals surface area contributed by atoms with Crippen LogP contribution in [0.25, 0.3) is 0 Å². The molecular formula is C13H25N3O4. The van der Waals surface area contributed by atoms with Gasteiger partial charge in [0.05, 0.1) is 0 Å². The topological polar surface area (TPSA) is 90.0 Å². The van der Waals surface area contributed by atoms with Gasteiger partial charge in [-0.25, -0.2) is 4.79 Å². The van der Waals surface area contributed by atoms with Gasteiger partial charge in [0, 0.05) is 32.6 Å². The number of likely N-dealkylation sites (N-methyl/N-ethyl adjacent to an activating group) is 1. The molecule has 0 aromatic rings. The van der Waals surface area contributed by atoms with E-state index in [1.165, 1.54) is 9.80 Å². The third-order valence-electron chi connectivity index (χ3n) is 2.65. The standard InChI is InChI=1S/C13H25N3O4/c1-5-16(9-11(17)14-10(2)3)13(20)15(4)8-6-7-12(18)19/h10H,5-9H2,1-4H3,(H,14,17)(H,18,19). The van der Waals surface area contributed by atoms with Crippen molar-refractivity contribution in [2.45, 2.75) is 39.7 Å². The number of hydrogen-bond acceptors (Lipinski definition) is 3. The maximum Gasteiger partial charge on any atom is 0.320 e. The fourth-order valence-corrected chi connectivity index (χ4v) is 1.66. The summed E-state index contributed by atoms with van der Waals surface area (Å²) in [6, 6.07) is -0.235. The third-order valence-corrected chi connectivity index (χ3v) is 2.65. The summed E-state index contributed by atoms with van der Waals surface area (Å²) in [5.74, 6) is -1.08. The maximum absolute atomic E-state index is 12.1. The highest BCUT2D eigenvalue weighted by Crippen LogP contribution is 2.00. The predicted molar refractivity (Wildman–Crippen MR) is 75.4 cm³/mol. The van der Waals surface area contributed by atoms with Crippen molar-refractivity contribution in [1.82, 2.24) is 15.1 Å². The first-order valence-corrected chi connectivity index (χ1v) is 6.79. The number of carbonyl (C=O) groups is 3. The predicted octanol–water partition coefficient (Wildman–Crippen LogP) is 0.750. The van der Waals surface area contributed by atoms with Gasteiger partial charge in [-0.1, -0.05) is 0 Å². The van der Waals surface area contributed by atoms with E-state index in [0.29, 0.717) is 19.5 Å². The Kier molecular flexibility index (Phi) is 8.35. The molecule has 20 heavy (non-hydrogen) atoms. The number of rotatable bonds is 8. The van der Waals surface area contributed by atoms with Crippen LogP contribution >= 0.6 is 0 Å². The molecule has 0 saturated heterocycles. The molecule has 2 N–H and O–H groups in total. The van der Waals surface area contributed by atoms with Crippen molar-refractivity contribution in [3.05, 3.63) is 0 Å². The number of hydrogen-bond donors (Lipinski definition) is 2. The largest absolute Gasteiger partial charge is 0.481 e. The molecule has 0 aliphatic rings. The Morgan fingerprint density at radius 2 is 1.85 bits per heavy atom. The molecule has 0 aromatic heterocycles. The number of carboxylic acid groups (broad SMARTS) is 1. The van der Waals surface area contributed by atoms with E-state index in [1.54, 1.807) is 14.0 Å². The second kappa shape index (κ2) is 9.17. The van der Waals surface area contributed by atoms with E-state index in [4.69, 9.17) is 5.11 Å². The molecule has 7 heteroatoms. The van der Waals surface area contributed by atoms with Gasteiger partial charge in [0.15, 0.2) is 0 Å². The molecule has 0 rings (SSSR count). The van der Waals surface area contributed by atoms with Crippen LogP contribution in [0.15, 0.2) is 0 Å². The maximum atomic E-state index is 12.1. The Labute approximate surface area is 119 Å². The molecular weight excluding hydrogens is 262 g/mol. The van der Waals surface area contributed by atoms with Crippen LogP contribution in [0.2, 0.25) is 0 Å². The molecule has 7 nitrogen and oxygen atoms in total. The highest BCUT2D eigenvalue weighted by molar-refractivity contribution is 5.84. The molecule has 0 atom stereocenters. The van der Waals surface area contributed by atoms with Gasteiger partial charge in [-0.05, 0) is 27.2 Å². The first-order chi connectivity index (χ1) is 9.27. The summed E-state index contributed by atoms with van der Waals surface area (Å²) in [5, 5.41) is 11.3. The van der Waals surface area contributed by atoms with Crippen LogP contribution in [0.4, 0.5) is 4.79 Å². The zero-order valence-electron chi connectivity index (χ0n) is 12.7. The van der Waals surface area contributed by atoms with Gasteiger partial charge in [-0.15, -0.1) is 0 Å². The van der Waals surface area contributed by atoms with Crippen molar-refractivity contribution in [2.24, 2.45) is 0 Å². The normalized spacial score (nSPS) is 10.2. The Morgan fingerprint density at radius 1 is 1.25 bits per heavy atom. The summed E-state index contributed by atoms with van der Waals surface area (Å²) >= 11 is 0. The van der Waals surface area contributed by atoms with Gasteiger partial charge in [-0.3, -0.25) is 9.59 Å². The molecule has 0 bridgehead atoms. The monoisotopic (exact) mass is 287 g/mol. The van der Waals surface area contributed by atoms with Crippen LogP contribution in [0, 0.1) is 0 Å². The molecule has 3 amide bonds. The second-order valence-corrected chi connectivity index (χ2v) is 4.94. The zero-order chi connectivity index (χ0) is 15.7. The Balaban J connectivity index is 4.31. The third kappa shape index (κ3) is 7.60. The average molecular weight is 287 g/mol. The van der Waals surface area contributed by atoms with E-state index in [2.05, 4.69) is 5.32 Å². The number of carbonyl (C=O) groups excluding carboxylic acids is 2. The Morgan fingerprint density at radius 3 is 2.30 bits per heavy atom. The minimum Gasteiger partial charge on any atom is -0.481 e. The number of nitrogens with one attached hydrogen (secondary N) is 1. The van der Waals surface area contributed by atoms with Crippen molar-refractivity contribution in [2.75, 3.05) is 26.7 Å². The Bertz CT molecular complexity index is 345. The van der Waals surface area contributed by atoms with Crippen LogP contribution in [0.1, 0.15) is 33.6 Å². The lowest BCUT2D eigenvalue weighted by Gasteiger charge is -2.27. The van der Waals surface area contributed by atoms with E-state index in [-0.39, 0.29) is 30.9 Å². The lowest BCUT2D eigenvalue weighted by molar-refractivity contribution is -0.137. The number of aliphatic carboxylic acids is 1. The van der Waals surface area contributed by atoms with E-state index in [1.807, 2.05) is 13.8 Å². The molecule has 0 aliphatic heterocycles. The van der Waals surface area contributed by atoms with Crippen LogP contribution in [0.3, 0.4) is 0 Å². The van der Waals surface area contributed by atoms with Gasteiger partial charge >= 0.3 is 12.0 Å². The fourth-order valence-electron chi connectivity index (χ4n) is 1.66. The summed E-state index contributed by atoms with van der Waals surface area (Å²) in [6.45, 7) is 6.30. The molecule has 0 radical (unpaired) electrons. The van der Waals surface area contributed by atoms with Gasteiger partial charge in [0.25, 0.3) is 0 Å². The summed E-state index contributed by atoms with van der Waals surface area (Å²) < 4.78 is 0. The fraction of sp³-hybridized carbons (Fsp3) is 0.769. The molecule has 0 unspecified atom stereocenters. The molecule has 0 aliphatic carbocycles. The number of nitrogens with zero attached hydrogens (tertiary/aromatic N) is 2. The number of urea groups is 1. The molecule has 116 valence electrons. The van der Waals surface area contributed by atoms with Crippen molar-refractivity contribution in [3.8, 4) is 0 Å². The summed E-state index contributed by atoms with van der Waals surface area (Å²) in [6.07, 6.45) is 0.422. The van der Waals surface area contributed by atoms with E-state index < -0.39 is 5.97 Å². The molecule has 0 aromatic carbocycles. The minimum absolute atomic E-state index is 0.0107.